The third kappa shape index (κ3) is 7.82. The lowest BCUT2D eigenvalue weighted by Gasteiger charge is -2.24. The average molecular weight is 272 g/mol. The van der Waals surface area contributed by atoms with Crippen LogP contribution in [-0.4, -0.2) is 30.1 Å². The molecule has 0 bridgehead atoms. The Labute approximate surface area is 115 Å². The maximum absolute atomic E-state index is 11.9. The Morgan fingerprint density at radius 1 is 1.26 bits per heavy atom. The summed E-state index contributed by atoms with van der Waals surface area (Å²) in [4.78, 5) is 23.1. The van der Waals surface area contributed by atoms with Crippen molar-refractivity contribution in [1.82, 2.24) is 5.32 Å². The highest BCUT2D eigenvalue weighted by molar-refractivity contribution is 5.79. The zero-order valence-electron chi connectivity index (χ0n) is 12.5. The molecule has 0 aromatic carbocycles. The van der Waals surface area contributed by atoms with Gasteiger partial charge in [-0.3, -0.25) is 9.59 Å². The highest BCUT2D eigenvalue weighted by Gasteiger charge is 2.26. The van der Waals surface area contributed by atoms with Gasteiger partial charge in [0.1, 0.15) is 0 Å². The zero-order valence-corrected chi connectivity index (χ0v) is 12.5. The van der Waals surface area contributed by atoms with E-state index in [9.17, 15) is 14.7 Å². The van der Waals surface area contributed by atoms with Crippen molar-refractivity contribution >= 4 is 11.9 Å². The van der Waals surface area contributed by atoms with Crippen LogP contribution in [0, 0.1) is 17.3 Å². The lowest BCUT2D eigenvalue weighted by Crippen LogP contribution is -2.40. The summed E-state index contributed by atoms with van der Waals surface area (Å²) >= 11 is 0. The van der Waals surface area contributed by atoms with Crippen molar-refractivity contribution in [3.8, 4) is 0 Å². The Bertz CT molecular complexity index is 298. The smallest absolute Gasteiger partial charge is 0.308 e. The van der Waals surface area contributed by atoms with Gasteiger partial charge in [0.05, 0.1) is 11.8 Å². The molecule has 0 heterocycles. The molecule has 5 nitrogen and oxygen atoms in total. The SMILES string of the molecule is CCCC(CN)C(=O)NCC(CC(C)(C)C)C(=O)O. The lowest BCUT2D eigenvalue weighted by atomic mass is 9.84. The summed E-state index contributed by atoms with van der Waals surface area (Å²) < 4.78 is 0. The first kappa shape index (κ1) is 17.9. The number of amides is 1. The topological polar surface area (TPSA) is 92.4 Å². The van der Waals surface area contributed by atoms with Crippen molar-refractivity contribution < 1.29 is 14.7 Å². The quantitative estimate of drug-likeness (QED) is 0.626. The van der Waals surface area contributed by atoms with Crippen LogP contribution >= 0.6 is 0 Å². The number of carboxylic acid groups (broad SMARTS) is 1. The number of rotatable bonds is 8. The maximum atomic E-state index is 11.9. The van der Waals surface area contributed by atoms with E-state index in [1.54, 1.807) is 0 Å². The number of nitrogens with two attached hydrogens (primary N) is 1. The fourth-order valence-corrected chi connectivity index (χ4v) is 2.06. The standard InChI is InChI=1S/C14H28N2O3/c1-5-6-10(8-15)12(17)16-9-11(13(18)19)7-14(2,3)4/h10-11H,5-9,15H2,1-4H3,(H,16,17)(H,18,19). The van der Waals surface area contributed by atoms with Gasteiger partial charge in [-0.2, -0.15) is 0 Å². The third-order valence-electron chi connectivity index (χ3n) is 3.02. The number of carboxylic acids is 1. The van der Waals surface area contributed by atoms with Gasteiger partial charge in [0.15, 0.2) is 0 Å². The molecule has 0 aliphatic carbocycles. The van der Waals surface area contributed by atoms with Crippen molar-refractivity contribution in [2.75, 3.05) is 13.1 Å². The maximum Gasteiger partial charge on any atom is 0.308 e. The molecule has 1 amide bonds. The van der Waals surface area contributed by atoms with Crippen LogP contribution in [0.4, 0.5) is 0 Å². The lowest BCUT2D eigenvalue weighted by molar-refractivity contribution is -0.142. The minimum absolute atomic E-state index is 0.0789. The molecule has 2 atom stereocenters. The molecule has 112 valence electrons. The van der Waals surface area contributed by atoms with Gasteiger partial charge < -0.3 is 16.2 Å². The number of hydrogen-bond acceptors (Lipinski definition) is 3. The van der Waals surface area contributed by atoms with Crippen molar-refractivity contribution in [3.05, 3.63) is 0 Å². The Balaban J connectivity index is 4.39. The summed E-state index contributed by atoms with van der Waals surface area (Å²) in [6, 6.07) is 0. The summed E-state index contributed by atoms with van der Waals surface area (Å²) in [5.74, 6) is -1.77. The number of aliphatic carboxylic acids is 1. The molecule has 2 unspecified atom stereocenters. The summed E-state index contributed by atoms with van der Waals surface area (Å²) in [7, 11) is 0. The van der Waals surface area contributed by atoms with Gasteiger partial charge in [-0.1, -0.05) is 34.1 Å². The van der Waals surface area contributed by atoms with E-state index in [4.69, 9.17) is 5.73 Å². The molecule has 0 aromatic heterocycles. The molecular weight excluding hydrogens is 244 g/mol. The molecule has 0 radical (unpaired) electrons. The Hall–Kier alpha value is -1.10. The van der Waals surface area contributed by atoms with E-state index in [1.165, 1.54) is 0 Å². The highest BCUT2D eigenvalue weighted by Crippen LogP contribution is 2.24. The fraction of sp³-hybridized carbons (Fsp3) is 0.857. The number of nitrogens with one attached hydrogen (secondary N) is 1. The van der Waals surface area contributed by atoms with E-state index >= 15 is 0 Å². The van der Waals surface area contributed by atoms with E-state index in [0.29, 0.717) is 13.0 Å². The van der Waals surface area contributed by atoms with Crippen LogP contribution in [0.15, 0.2) is 0 Å². The molecular formula is C14H28N2O3. The van der Waals surface area contributed by atoms with Gasteiger partial charge in [-0.15, -0.1) is 0 Å². The van der Waals surface area contributed by atoms with Crippen molar-refractivity contribution in [2.45, 2.75) is 47.0 Å². The molecule has 0 spiro atoms. The molecule has 0 aromatic rings. The van der Waals surface area contributed by atoms with Gasteiger partial charge in [0, 0.05) is 13.1 Å². The molecule has 0 saturated heterocycles. The zero-order chi connectivity index (χ0) is 15.1. The Kier molecular flexibility index (Phi) is 7.68. The molecule has 19 heavy (non-hydrogen) atoms. The van der Waals surface area contributed by atoms with Crippen LogP contribution in [-0.2, 0) is 9.59 Å². The summed E-state index contributed by atoms with van der Waals surface area (Å²) in [5.41, 5.74) is 5.47. The van der Waals surface area contributed by atoms with Gasteiger partial charge in [0.25, 0.3) is 0 Å². The molecule has 0 aliphatic rings. The molecule has 4 N–H and O–H groups in total. The van der Waals surface area contributed by atoms with Gasteiger partial charge in [-0.05, 0) is 18.3 Å². The van der Waals surface area contributed by atoms with Gasteiger partial charge in [0.2, 0.25) is 5.91 Å². The van der Waals surface area contributed by atoms with Crippen molar-refractivity contribution in [1.29, 1.82) is 0 Å². The van der Waals surface area contributed by atoms with E-state index < -0.39 is 11.9 Å². The minimum Gasteiger partial charge on any atom is -0.481 e. The van der Waals surface area contributed by atoms with Gasteiger partial charge in [-0.25, -0.2) is 0 Å². The van der Waals surface area contributed by atoms with Gasteiger partial charge >= 0.3 is 5.97 Å². The molecule has 0 aliphatic heterocycles. The summed E-state index contributed by atoms with van der Waals surface area (Å²) in [6.07, 6.45) is 2.16. The average Bonchev–Trinajstić information content (AvgIpc) is 2.29. The molecule has 0 fully saturated rings. The van der Waals surface area contributed by atoms with Crippen LogP contribution in [0.1, 0.15) is 47.0 Å². The van der Waals surface area contributed by atoms with Crippen LogP contribution in [0.5, 0.6) is 0 Å². The Morgan fingerprint density at radius 3 is 2.21 bits per heavy atom. The normalized spacial score (nSPS) is 14.8. The first-order chi connectivity index (χ1) is 8.71. The first-order valence-electron chi connectivity index (χ1n) is 6.91. The van der Waals surface area contributed by atoms with Crippen LogP contribution < -0.4 is 11.1 Å². The van der Waals surface area contributed by atoms with Crippen LogP contribution in [0.2, 0.25) is 0 Å². The second kappa shape index (κ2) is 8.15. The van der Waals surface area contributed by atoms with Crippen molar-refractivity contribution in [2.24, 2.45) is 23.0 Å². The second-order valence-electron chi connectivity index (χ2n) is 6.27. The molecule has 0 saturated carbocycles. The second-order valence-corrected chi connectivity index (χ2v) is 6.27. The Morgan fingerprint density at radius 2 is 1.84 bits per heavy atom. The highest BCUT2D eigenvalue weighted by atomic mass is 16.4. The molecule has 5 heteroatoms. The fourth-order valence-electron chi connectivity index (χ4n) is 2.06. The van der Waals surface area contributed by atoms with Crippen LogP contribution in [0.3, 0.4) is 0 Å². The first-order valence-corrected chi connectivity index (χ1v) is 6.91. The number of hydrogen-bond donors (Lipinski definition) is 3. The number of carbonyl (C=O) groups is 2. The van der Waals surface area contributed by atoms with E-state index in [1.807, 2.05) is 27.7 Å². The van der Waals surface area contributed by atoms with E-state index in [-0.39, 0.29) is 23.8 Å². The van der Waals surface area contributed by atoms with Crippen LogP contribution in [0.25, 0.3) is 0 Å². The van der Waals surface area contributed by atoms with E-state index in [2.05, 4.69) is 5.32 Å². The van der Waals surface area contributed by atoms with Crippen molar-refractivity contribution in [3.63, 3.8) is 0 Å². The third-order valence-corrected chi connectivity index (χ3v) is 3.02. The molecule has 0 rings (SSSR count). The monoisotopic (exact) mass is 272 g/mol. The predicted octanol–water partition coefficient (Wildman–Crippen LogP) is 1.61. The predicted molar refractivity (Wildman–Crippen MR) is 75.7 cm³/mol. The summed E-state index contributed by atoms with van der Waals surface area (Å²) in [6.45, 7) is 8.44. The van der Waals surface area contributed by atoms with E-state index in [0.717, 1.165) is 12.8 Å². The largest absolute Gasteiger partial charge is 0.481 e. The minimum atomic E-state index is -0.866. The summed E-state index contributed by atoms with van der Waals surface area (Å²) in [5, 5.41) is 11.9. The number of carbonyl (C=O) groups excluding carboxylic acids is 1.